The van der Waals surface area contributed by atoms with Crippen LogP contribution >= 0.6 is 11.6 Å². The number of piperazine rings is 1. The van der Waals surface area contributed by atoms with Gasteiger partial charge in [0.15, 0.2) is 0 Å². The first kappa shape index (κ1) is 14.2. The second-order valence-corrected chi connectivity index (χ2v) is 5.70. The van der Waals surface area contributed by atoms with Crippen LogP contribution in [0.25, 0.3) is 0 Å². The molecule has 19 heavy (non-hydrogen) atoms. The Morgan fingerprint density at radius 3 is 2.32 bits per heavy atom. The first-order valence-corrected chi connectivity index (χ1v) is 6.78. The lowest BCUT2D eigenvalue weighted by atomic mass is 10.1. The highest BCUT2D eigenvalue weighted by Gasteiger charge is 2.31. The van der Waals surface area contributed by atoms with Crippen LogP contribution in [0.15, 0.2) is 24.3 Å². The zero-order valence-corrected chi connectivity index (χ0v) is 12.0. The Morgan fingerprint density at radius 2 is 1.79 bits per heavy atom. The van der Waals surface area contributed by atoms with Crippen LogP contribution in [0.1, 0.15) is 13.8 Å². The van der Waals surface area contributed by atoms with Gasteiger partial charge in [-0.25, -0.2) is 0 Å². The second-order valence-electron chi connectivity index (χ2n) is 5.29. The van der Waals surface area contributed by atoms with Crippen molar-refractivity contribution in [2.24, 2.45) is 0 Å². The third-order valence-electron chi connectivity index (χ3n) is 3.28. The molecule has 1 aromatic carbocycles. The summed E-state index contributed by atoms with van der Waals surface area (Å²) in [7, 11) is 0. The molecular formula is C14H19ClN2O2. The van der Waals surface area contributed by atoms with Gasteiger partial charge in [-0.2, -0.15) is 0 Å². The van der Waals surface area contributed by atoms with Crippen LogP contribution in [0, 0.1) is 0 Å². The highest BCUT2D eigenvalue weighted by atomic mass is 35.5. The minimum atomic E-state index is -1.30. The summed E-state index contributed by atoms with van der Waals surface area (Å²) in [6.45, 7) is 5.71. The zero-order chi connectivity index (χ0) is 14.0. The van der Waals surface area contributed by atoms with E-state index in [0.29, 0.717) is 13.1 Å². The van der Waals surface area contributed by atoms with E-state index in [0.717, 1.165) is 23.8 Å². The van der Waals surface area contributed by atoms with Gasteiger partial charge in [0.2, 0.25) is 0 Å². The topological polar surface area (TPSA) is 43.8 Å². The number of halogens is 1. The molecular weight excluding hydrogens is 264 g/mol. The number of rotatable bonds is 2. The van der Waals surface area contributed by atoms with Gasteiger partial charge in [-0.15, -0.1) is 0 Å². The fourth-order valence-corrected chi connectivity index (χ4v) is 2.50. The number of carbonyl (C=O) groups is 1. The van der Waals surface area contributed by atoms with E-state index in [2.05, 4.69) is 4.90 Å². The van der Waals surface area contributed by atoms with Crippen LogP contribution in [0.5, 0.6) is 0 Å². The molecule has 1 saturated heterocycles. The van der Waals surface area contributed by atoms with Gasteiger partial charge >= 0.3 is 0 Å². The summed E-state index contributed by atoms with van der Waals surface area (Å²) in [6, 6.07) is 7.70. The van der Waals surface area contributed by atoms with Crippen LogP contribution in [-0.2, 0) is 4.79 Å². The summed E-state index contributed by atoms with van der Waals surface area (Å²) in [5, 5.41) is 10.5. The average molecular weight is 283 g/mol. The van der Waals surface area contributed by atoms with Crippen LogP contribution in [0.2, 0.25) is 5.02 Å². The van der Waals surface area contributed by atoms with E-state index in [1.165, 1.54) is 13.8 Å². The first-order valence-electron chi connectivity index (χ1n) is 6.41. The van der Waals surface area contributed by atoms with E-state index in [4.69, 9.17) is 11.6 Å². The molecule has 0 spiro atoms. The number of aliphatic hydroxyl groups is 1. The number of hydrogen-bond acceptors (Lipinski definition) is 3. The Balaban J connectivity index is 2.00. The summed E-state index contributed by atoms with van der Waals surface area (Å²) < 4.78 is 0. The van der Waals surface area contributed by atoms with Crippen molar-refractivity contribution in [3.8, 4) is 0 Å². The summed E-state index contributed by atoms with van der Waals surface area (Å²) in [6.07, 6.45) is 0. The maximum Gasteiger partial charge on any atom is 0.254 e. The van der Waals surface area contributed by atoms with Gasteiger partial charge in [-0.3, -0.25) is 4.79 Å². The lowest BCUT2D eigenvalue weighted by Gasteiger charge is -2.38. The van der Waals surface area contributed by atoms with Gasteiger partial charge < -0.3 is 14.9 Å². The Labute approximate surface area is 118 Å². The maximum absolute atomic E-state index is 12.0. The predicted octanol–water partition coefficient (Wildman–Crippen LogP) is 1.76. The largest absolute Gasteiger partial charge is 0.381 e. The molecule has 104 valence electrons. The number of para-hydroxylation sites is 1. The van der Waals surface area contributed by atoms with Gasteiger partial charge in [-0.1, -0.05) is 23.7 Å². The van der Waals surface area contributed by atoms with E-state index in [1.807, 2.05) is 24.3 Å². The van der Waals surface area contributed by atoms with Crippen molar-refractivity contribution >= 4 is 23.2 Å². The van der Waals surface area contributed by atoms with Crippen molar-refractivity contribution in [3.63, 3.8) is 0 Å². The molecule has 0 bridgehead atoms. The summed E-state index contributed by atoms with van der Waals surface area (Å²) in [5.74, 6) is -0.216. The van der Waals surface area contributed by atoms with Gasteiger partial charge in [-0.05, 0) is 26.0 Å². The van der Waals surface area contributed by atoms with Gasteiger partial charge in [0.1, 0.15) is 5.60 Å². The Morgan fingerprint density at radius 1 is 1.21 bits per heavy atom. The normalized spacial score (nSPS) is 16.6. The molecule has 1 aromatic rings. The van der Waals surface area contributed by atoms with Crippen molar-refractivity contribution < 1.29 is 9.90 Å². The number of hydrogen-bond donors (Lipinski definition) is 1. The van der Waals surface area contributed by atoms with Crippen LogP contribution < -0.4 is 4.90 Å². The van der Waals surface area contributed by atoms with Gasteiger partial charge in [0.25, 0.3) is 5.91 Å². The molecule has 1 fully saturated rings. The second kappa shape index (κ2) is 5.39. The summed E-state index contributed by atoms with van der Waals surface area (Å²) >= 11 is 6.17. The number of anilines is 1. The highest BCUT2D eigenvalue weighted by molar-refractivity contribution is 6.33. The van der Waals surface area contributed by atoms with E-state index < -0.39 is 5.60 Å². The van der Waals surface area contributed by atoms with E-state index in [1.54, 1.807) is 4.90 Å². The molecule has 1 N–H and O–H groups in total. The lowest BCUT2D eigenvalue weighted by Crippen LogP contribution is -2.54. The fourth-order valence-electron chi connectivity index (χ4n) is 2.25. The molecule has 0 unspecified atom stereocenters. The molecule has 1 amide bonds. The van der Waals surface area contributed by atoms with Crippen molar-refractivity contribution in [3.05, 3.63) is 29.3 Å². The van der Waals surface area contributed by atoms with E-state index >= 15 is 0 Å². The third-order valence-corrected chi connectivity index (χ3v) is 3.60. The molecule has 0 aliphatic carbocycles. The van der Waals surface area contributed by atoms with Crippen molar-refractivity contribution in [2.75, 3.05) is 31.1 Å². The molecule has 0 aromatic heterocycles. The highest BCUT2D eigenvalue weighted by Crippen LogP contribution is 2.26. The van der Waals surface area contributed by atoms with Crippen LogP contribution in [-0.4, -0.2) is 47.7 Å². The smallest absolute Gasteiger partial charge is 0.254 e. The standard InChI is InChI=1S/C14H19ClN2O2/c1-14(2,19)13(18)17-9-7-16(8-10-17)12-6-4-3-5-11(12)15/h3-6,19H,7-10H2,1-2H3. The number of benzene rings is 1. The molecule has 4 nitrogen and oxygen atoms in total. The Kier molecular flexibility index (Phi) is 4.02. The van der Waals surface area contributed by atoms with Crippen molar-refractivity contribution in [1.82, 2.24) is 4.90 Å². The molecule has 5 heteroatoms. The molecule has 1 heterocycles. The SMILES string of the molecule is CC(C)(O)C(=O)N1CCN(c2ccccc2Cl)CC1. The number of nitrogens with zero attached hydrogens (tertiary/aromatic N) is 2. The number of carbonyl (C=O) groups excluding carboxylic acids is 1. The fraction of sp³-hybridized carbons (Fsp3) is 0.500. The molecule has 0 radical (unpaired) electrons. The van der Waals surface area contributed by atoms with Crippen molar-refractivity contribution in [1.29, 1.82) is 0 Å². The Bertz CT molecular complexity index is 463. The molecule has 0 saturated carbocycles. The molecule has 0 atom stereocenters. The van der Waals surface area contributed by atoms with Crippen LogP contribution in [0.3, 0.4) is 0 Å². The third kappa shape index (κ3) is 3.19. The Hall–Kier alpha value is -1.26. The monoisotopic (exact) mass is 282 g/mol. The minimum absolute atomic E-state index is 0.216. The number of amides is 1. The first-order chi connectivity index (χ1) is 8.89. The molecule has 1 aliphatic rings. The lowest BCUT2D eigenvalue weighted by molar-refractivity contribution is -0.148. The summed E-state index contributed by atoms with van der Waals surface area (Å²) in [5.41, 5.74) is -0.299. The van der Waals surface area contributed by atoms with Crippen molar-refractivity contribution in [2.45, 2.75) is 19.4 Å². The van der Waals surface area contributed by atoms with E-state index in [-0.39, 0.29) is 5.91 Å². The molecule has 2 rings (SSSR count). The van der Waals surface area contributed by atoms with Gasteiger partial charge in [0.05, 0.1) is 10.7 Å². The van der Waals surface area contributed by atoms with Crippen LogP contribution in [0.4, 0.5) is 5.69 Å². The maximum atomic E-state index is 12.0. The van der Waals surface area contributed by atoms with E-state index in [9.17, 15) is 9.90 Å². The molecule has 1 aliphatic heterocycles. The average Bonchev–Trinajstić information content (AvgIpc) is 2.38. The zero-order valence-electron chi connectivity index (χ0n) is 11.3. The predicted molar refractivity (Wildman–Crippen MR) is 76.5 cm³/mol. The van der Waals surface area contributed by atoms with Gasteiger partial charge in [0, 0.05) is 26.2 Å². The summed E-state index contributed by atoms with van der Waals surface area (Å²) in [4.78, 5) is 15.8. The minimum Gasteiger partial charge on any atom is -0.381 e. The quantitative estimate of drug-likeness (QED) is 0.899.